The molecule has 0 spiro atoms. The first-order valence-corrected chi connectivity index (χ1v) is 8.81. The molecule has 118 valence electrons. The molecular weight excluding hydrogens is 361 g/mol. The average Bonchev–Trinajstić information content (AvgIpc) is 2.37. The van der Waals surface area contributed by atoms with Crippen LogP contribution in [0.4, 0.5) is 0 Å². The number of rotatable bonds is 5. The molecule has 0 unspecified atom stereocenters. The van der Waals surface area contributed by atoms with Crippen LogP contribution >= 0.6 is 33.9 Å². The molecule has 1 aromatic carbocycles. The first-order valence-electron chi connectivity index (χ1n) is 5.75. The largest absolute Gasteiger partial charge is 0.377 e. The number of carbonyl (C=O) groups is 1. The van der Waals surface area contributed by atoms with E-state index in [0.717, 1.165) is 6.07 Å². The topological polar surface area (TPSA) is 72.5 Å². The maximum Gasteiger partial charge on any atom is 0.262 e. The highest BCUT2D eigenvalue weighted by atomic mass is 35.7. The Morgan fingerprint density at radius 2 is 1.90 bits per heavy atom. The van der Waals surface area contributed by atoms with Crippen molar-refractivity contribution >= 4 is 48.8 Å². The van der Waals surface area contributed by atoms with Crippen molar-refractivity contribution in [2.45, 2.75) is 24.3 Å². The van der Waals surface area contributed by atoms with Gasteiger partial charge in [-0.05, 0) is 26.0 Å². The van der Waals surface area contributed by atoms with Crippen molar-refractivity contribution in [3.05, 3.63) is 27.7 Å². The van der Waals surface area contributed by atoms with Gasteiger partial charge in [-0.3, -0.25) is 4.79 Å². The monoisotopic (exact) mass is 373 g/mol. The van der Waals surface area contributed by atoms with E-state index in [4.69, 9.17) is 38.6 Å². The summed E-state index contributed by atoms with van der Waals surface area (Å²) in [5.41, 5.74) is -0.655. The lowest BCUT2D eigenvalue weighted by molar-refractivity contribution is 0.0229. The fourth-order valence-corrected chi connectivity index (χ4v) is 3.23. The minimum atomic E-state index is -4.11. The van der Waals surface area contributed by atoms with E-state index in [2.05, 4.69) is 5.32 Å². The summed E-state index contributed by atoms with van der Waals surface area (Å²) in [6.07, 6.45) is 0. The van der Waals surface area contributed by atoms with Crippen LogP contribution in [0.15, 0.2) is 17.0 Å². The highest BCUT2D eigenvalue weighted by Gasteiger charge is 2.24. The number of nitrogens with one attached hydrogen (secondary N) is 1. The molecule has 0 aliphatic heterocycles. The summed E-state index contributed by atoms with van der Waals surface area (Å²) in [6, 6.07) is 2.35. The molecule has 0 aromatic heterocycles. The van der Waals surface area contributed by atoms with E-state index in [-0.39, 0.29) is 22.2 Å². The highest BCUT2D eigenvalue weighted by Crippen LogP contribution is 2.31. The van der Waals surface area contributed by atoms with Crippen LogP contribution in [0.25, 0.3) is 0 Å². The Morgan fingerprint density at radius 1 is 1.33 bits per heavy atom. The molecule has 0 fully saturated rings. The lowest BCUT2D eigenvalue weighted by Gasteiger charge is -2.23. The second-order valence-corrected chi connectivity index (χ2v) is 8.20. The molecule has 0 radical (unpaired) electrons. The number of hydrogen-bond donors (Lipinski definition) is 1. The normalized spacial score (nSPS) is 12.3. The fraction of sp³-hybridized carbons (Fsp3) is 0.417. The van der Waals surface area contributed by atoms with E-state index in [0.29, 0.717) is 0 Å². The predicted molar refractivity (Wildman–Crippen MR) is 82.9 cm³/mol. The summed E-state index contributed by atoms with van der Waals surface area (Å²) < 4.78 is 28.0. The summed E-state index contributed by atoms with van der Waals surface area (Å²) in [6.45, 7) is 3.76. The molecule has 0 aliphatic rings. The third-order valence-electron chi connectivity index (χ3n) is 2.74. The number of amides is 1. The fourth-order valence-electron chi connectivity index (χ4n) is 1.37. The van der Waals surface area contributed by atoms with E-state index >= 15 is 0 Å². The van der Waals surface area contributed by atoms with E-state index in [9.17, 15) is 13.2 Å². The van der Waals surface area contributed by atoms with Crippen molar-refractivity contribution in [2.75, 3.05) is 13.7 Å². The van der Waals surface area contributed by atoms with E-state index in [1.165, 1.54) is 13.2 Å². The van der Waals surface area contributed by atoms with Crippen LogP contribution in [0.5, 0.6) is 0 Å². The molecule has 1 rings (SSSR count). The van der Waals surface area contributed by atoms with Gasteiger partial charge in [0.1, 0.15) is 4.90 Å². The predicted octanol–water partition coefficient (Wildman–Crippen LogP) is 3.08. The molecule has 1 amide bonds. The minimum absolute atomic E-state index is 0.0368. The molecule has 0 bridgehead atoms. The summed E-state index contributed by atoms with van der Waals surface area (Å²) in [5, 5.41) is 2.35. The third-order valence-corrected chi connectivity index (χ3v) is 4.82. The van der Waals surface area contributed by atoms with Gasteiger partial charge in [-0.1, -0.05) is 23.2 Å². The van der Waals surface area contributed by atoms with Crippen molar-refractivity contribution < 1.29 is 17.9 Å². The van der Waals surface area contributed by atoms with Gasteiger partial charge in [-0.2, -0.15) is 0 Å². The van der Waals surface area contributed by atoms with Crippen molar-refractivity contribution in [3.63, 3.8) is 0 Å². The van der Waals surface area contributed by atoms with Crippen molar-refractivity contribution in [1.82, 2.24) is 5.32 Å². The van der Waals surface area contributed by atoms with Crippen LogP contribution in [-0.2, 0) is 13.8 Å². The number of hydrogen-bond acceptors (Lipinski definition) is 4. The Kier molecular flexibility index (Phi) is 5.91. The quantitative estimate of drug-likeness (QED) is 0.804. The minimum Gasteiger partial charge on any atom is -0.377 e. The zero-order valence-electron chi connectivity index (χ0n) is 11.5. The number of ether oxygens (including phenoxy) is 1. The Bertz CT molecular complexity index is 659. The Morgan fingerprint density at radius 3 is 2.38 bits per heavy atom. The van der Waals surface area contributed by atoms with Crippen molar-refractivity contribution in [3.8, 4) is 0 Å². The Balaban J connectivity index is 3.14. The number of benzene rings is 1. The third kappa shape index (κ3) is 5.00. The number of methoxy groups -OCH3 is 1. The van der Waals surface area contributed by atoms with Crippen LogP contribution in [0.1, 0.15) is 24.2 Å². The van der Waals surface area contributed by atoms with Crippen molar-refractivity contribution in [1.29, 1.82) is 0 Å². The van der Waals surface area contributed by atoms with Gasteiger partial charge in [0.15, 0.2) is 0 Å². The van der Waals surface area contributed by atoms with Gasteiger partial charge in [0.25, 0.3) is 15.0 Å². The molecule has 21 heavy (non-hydrogen) atoms. The van der Waals surface area contributed by atoms with Gasteiger partial charge in [-0.25, -0.2) is 8.42 Å². The molecule has 0 saturated heterocycles. The Hall–Kier alpha value is -0.530. The van der Waals surface area contributed by atoms with Gasteiger partial charge < -0.3 is 10.1 Å². The molecule has 1 N–H and O–H groups in total. The second-order valence-electron chi connectivity index (χ2n) is 4.85. The van der Waals surface area contributed by atoms with Crippen LogP contribution < -0.4 is 5.32 Å². The first kappa shape index (κ1) is 18.5. The SMILES string of the molecule is COC(C)(C)CNC(=O)c1cc(Cl)cc(S(=O)(=O)Cl)c1Cl. The molecule has 0 saturated carbocycles. The summed E-state index contributed by atoms with van der Waals surface area (Å²) in [4.78, 5) is 11.7. The summed E-state index contributed by atoms with van der Waals surface area (Å²) in [7, 11) is 2.66. The van der Waals surface area contributed by atoms with Gasteiger partial charge in [-0.15, -0.1) is 0 Å². The van der Waals surface area contributed by atoms with Crippen LogP contribution in [0.3, 0.4) is 0 Å². The van der Waals surface area contributed by atoms with Crippen molar-refractivity contribution in [2.24, 2.45) is 0 Å². The van der Waals surface area contributed by atoms with Gasteiger partial charge in [0.05, 0.1) is 16.2 Å². The molecule has 1 aromatic rings. The van der Waals surface area contributed by atoms with Crippen LogP contribution in [-0.4, -0.2) is 33.6 Å². The van der Waals surface area contributed by atoms with E-state index in [1.807, 2.05) is 0 Å². The smallest absolute Gasteiger partial charge is 0.262 e. The second kappa shape index (κ2) is 6.71. The Labute approximate surface area is 137 Å². The van der Waals surface area contributed by atoms with Crippen LogP contribution in [0.2, 0.25) is 10.0 Å². The molecule has 5 nitrogen and oxygen atoms in total. The maximum absolute atomic E-state index is 12.1. The summed E-state index contributed by atoms with van der Waals surface area (Å²) >= 11 is 11.7. The van der Waals surface area contributed by atoms with E-state index in [1.54, 1.807) is 13.8 Å². The van der Waals surface area contributed by atoms with Gasteiger partial charge in [0.2, 0.25) is 0 Å². The zero-order chi connectivity index (χ0) is 16.4. The molecule has 0 aliphatic carbocycles. The number of halogens is 3. The summed E-state index contributed by atoms with van der Waals surface area (Å²) in [5.74, 6) is -0.575. The maximum atomic E-state index is 12.1. The van der Waals surface area contributed by atoms with Gasteiger partial charge >= 0.3 is 0 Å². The zero-order valence-corrected chi connectivity index (χ0v) is 14.6. The molecule has 0 atom stereocenters. The highest BCUT2D eigenvalue weighted by molar-refractivity contribution is 8.13. The standard InChI is InChI=1S/C12H14Cl3NO4S/c1-12(2,20-3)6-16-11(17)8-4-7(13)5-9(10(8)14)21(15,18)19/h4-5H,6H2,1-3H3,(H,16,17). The molecule has 9 heteroatoms. The molecule has 0 heterocycles. The van der Waals surface area contributed by atoms with Gasteiger partial charge in [0, 0.05) is 29.4 Å². The van der Waals surface area contributed by atoms with Crippen LogP contribution in [0, 0.1) is 0 Å². The average molecular weight is 375 g/mol. The first-order chi connectivity index (χ1) is 9.48. The molecular formula is C12H14Cl3NO4S. The van der Waals surface area contributed by atoms with E-state index < -0.39 is 25.5 Å². The lowest BCUT2D eigenvalue weighted by Crippen LogP contribution is -2.39. The number of carbonyl (C=O) groups excluding carboxylic acids is 1. The lowest BCUT2D eigenvalue weighted by atomic mass is 10.1.